The molecule has 2 aromatic carbocycles. The molecule has 2 aliphatic heterocycles. The number of thioether (sulfide) groups is 1. The summed E-state index contributed by atoms with van der Waals surface area (Å²) in [6.45, 7) is -0.113. The van der Waals surface area contributed by atoms with Crippen molar-refractivity contribution in [2.75, 3.05) is 5.75 Å². The van der Waals surface area contributed by atoms with Gasteiger partial charge in [-0.2, -0.15) is 0 Å². The molecule has 4 rings (SSSR count). The summed E-state index contributed by atoms with van der Waals surface area (Å²) in [5.41, 5.74) is 1.40. The van der Waals surface area contributed by atoms with Gasteiger partial charge in [0.1, 0.15) is 23.7 Å². The van der Waals surface area contributed by atoms with Crippen LogP contribution in [0.2, 0.25) is 0 Å². The van der Waals surface area contributed by atoms with Crippen LogP contribution in [0.4, 0.5) is 5.69 Å². The minimum absolute atomic E-state index is 0.0579. The standard InChI is InChI=1S/C22H19N3O6S2/c26-17(10-13-4-2-1-3-5-13)23-18-20(27)24-19(16(32)12-33-21(18)24)22(28)31-11-14-6-8-15(9-7-14)25(29)30/h1-9,18,21,32H,10-12H2,(H,23,26)/t18?,21-/m1/s1. The fourth-order valence-electron chi connectivity index (χ4n) is 3.53. The summed E-state index contributed by atoms with van der Waals surface area (Å²) in [6, 6.07) is 14.1. The molecule has 1 N–H and O–H groups in total. The number of thiol groups is 1. The number of nitrogens with one attached hydrogen (secondary N) is 1. The fraction of sp³-hybridized carbons (Fsp3) is 0.227. The highest BCUT2D eigenvalue weighted by Crippen LogP contribution is 2.41. The van der Waals surface area contributed by atoms with E-state index in [0.29, 0.717) is 16.2 Å². The van der Waals surface area contributed by atoms with Gasteiger partial charge in [0.2, 0.25) is 5.91 Å². The molecule has 2 heterocycles. The summed E-state index contributed by atoms with van der Waals surface area (Å²) in [4.78, 5) is 49.9. The van der Waals surface area contributed by atoms with Crippen LogP contribution in [-0.4, -0.2) is 44.8 Å². The number of esters is 1. The summed E-state index contributed by atoms with van der Waals surface area (Å²) in [7, 11) is 0. The second kappa shape index (κ2) is 9.67. The number of carbonyl (C=O) groups excluding carboxylic acids is 3. The van der Waals surface area contributed by atoms with Gasteiger partial charge in [0.05, 0.1) is 11.3 Å². The molecule has 0 spiro atoms. The molecule has 170 valence electrons. The number of fused-ring (bicyclic) bond motifs is 1. The third kappa shape index (κ3) is 4.88. The first-order chi connectivity index (χ1) is 15.8. The molecule has 2 aliphatic rings. The molecule has 33 heavy (non-hydrogen) atoms. The average molecular weight is 486 g/mol. The van der Waals surface area contributed by atoms with Gasteiger partial charge in [-0.25, -0.2) is 4.79 Å². The van der Waals surface area contributed by atoms with Crippen molar-refractivity contribution in [1.29, 1.82) is 0 Å². The van der Waals surface area contributed by atoms with Crippen LogP contribution in [0, 0.1) is 10.1 Å². The highest BCUT2D eigenvalue weighted by Gasteiger charge is 2.54. The molecule has 9 nitrogen and oxygen atoms in total. The fourth-order valence-corrected chi connectivity index (χ4v) is 5.15. The van der Waals surface area contributed by atoms with Gasteiger partial charge in [-0.15, -0.1) is 24.4 Å². The zero-order chi connectivity index (χ0) is 23.5. The summed E-state index contributed by atoms with van der Waals surface area (Å²) < 4.78 is 5.33. The molecule has 0 bridgehead atoms. The Labute approximate surface area is 198 Å². The van der Waals surface area contributed by atoms with E-state index in [9.17, 15) is 24.5 Å². The van der Waals surface area contributed by atoms with Crippen LogP contribution in [0.15, 0.2) is 65.2 Å². The van der Waals surface area contributed by atoms with E-state index < -0.39 is 28.2 Å². The summed E-state index contributed by atoms with van der Waals surface area (Å²) >= 11 is 5.76. The number of hydrogen-bond donors (Lipinski definition) is 2. The lowest BCUT2D eigenvalue weighted by Crippen LogP contribution is -2.70. The zero-order valence-corrected chi connectivity index (χ0v) is 18.9. The Balaban J connectivity index is 1.37. The number of benzene rings is 2. The highest BCUT2D eigenvalue weighted by molar-refractivity contribution is 8.01. The third-order valence-corrected chi connectivity index (χ3v) is 7.05. The molecule has 0 aromatic heterocycles. The van der Waals surface area contributed by atoms with Gasteiger partial charge in [0.15, 0.2) is 0 Å². The number of β-lactam (4-membered cyclic amide) rings is 1. The number of ether oxygens (including phenoxy) is 1. The number of nitro benzene ring substituents is 1. The second-order valence-electron chi connectivity index (χ2n) is 7.41. The molecule has 1 saturated heterocycles. The Morgan fingerprint density at radius 2 is 1.85 bits per heavy atom. The maximum atomic E-state index is 12.8. The number of non-ortho nitro benzene ring substituents is 1. The molecular weight excluding hydrogens is 466 g/mol. The second-order valence-corrected chi connectivity index (χ2v) is 9.06. The number of amides is 2. The SMILES string of the molecule is O=C(Cc1ccccc1)NC1C(=O)N2C(C(=O)OCc3ccc([N+](=O)[O-])cc3)=C(S)CS[C@H]12. The van der Waals surface area contributed by atoms with E-state index in [-0.39, 0.29) is 30.3 Å². The minimum atomic E-state index is -0.731. The van der Waals surface area contributed by atoms with E-state index in [4.69, 9.17) is 4.74 Å². The van der Waals surface area contributed by atoms with E-state index in [2.05, 4.69) is 17.9 Å². The Hall–Kier alpha value is -3.31. The van der Waals surface area contributed by atoms with Gasteiger partial charge >= 0.3 is 5.97 Å². The van der Waals surface area contributed by atoms with Crippen LogP contribution in [0.25, 0.3) is 0 Å². The summed E-state index contributed by atoms with van der Waals surface area (Å²) in [5, 5.41) is 13.1. The smallest absolute Gasteiger partial charge is 0.356 e. The van der Waals surface area contributed by atoms with Crippen molar-refractivity contribution >= 4 is 47.9 Å². The zero-order valence-electron chi connectivity index (χ0n) is 17.2. The van der Waals surface area contributed by atoms with Crippen LogP contribution in [0.3, 0.4) is 0 Å². The molecule has 1 unspecified atom stereocenters. The molecule has 1 fully saturated rings. The molecule has 11 heteroatoms. The lowest BCUT2D eigenvalue weighted by atomic mass is 10.0. The quantitative estimate of drug-likeness (QED) is 0.203. The lowest BCUT2D eigenvalue weighted by Gasteiger charge is -2.49. The maximum absolute atomic E-state index is 12.8. The monoisotopic (exact) mass is 485 g/mol. The first-order valence-electron chi connectivity index (χ1n) is 9.95. The molecule has 2 atom stereocenters. The average Bonchev–Trinajstić information content (AvgIpc) is 2.81. The normalized spacial score (nSPS) is 19.4. The molecule has 0 radical (unpaired) electrons. The van der Waals surface area contributed by atoms with Crippen molar-refractivity contribution in [3.8, 4) is 0 Å². The van der Waals surface area contributed by atoms with Crippen molar-refractivity contribution in [2.24, 2.45) is 0 Å². The van der Waals surface area contributed by atoms with Gasteiger partial charge < -0.3 is 10.1 Å². The van der Waals surface area contributed by atoms with Crippen LogP contribution in [0.5, 0.6) is 0 Å². The van der Waals surface area contributed by atoms with Gasteiger partial charge in [-0.05, 0) is 23.3 Å². The first-order valence-corrected chi connectivity index (χ1v) is 11.5. The largest absolute Gasteiger partial charge is 0.456 e. The van der Waals surface area contributed by atoms with Crippen molar-refractivity contribution in [2.45, 2.75) is 24.4 Å². The lowest BCUT2D eigenvalue weighted by molar-refractivity contribution is -0.384. The first kappa shape index (κ1) is 22.9. The maximum Gasteiger partial charge on any atom is 0.356 e. The van der Waals surface area contributed by atoms with Crippen molar-refractivity contribution in [3.05, 3.63) is 86.4 Å². The molecule has 2 amide bonds. The molecule has 2 aromatic rings. The number of nitrogens with zero attached hydrogens (tertiary/aromatic N) is 2. The van der Waals surface area contributed by atoms with Crippen LogP contribution in [0.1, 0.15) is 11.1 Å². The van der Waals surface area contributed by atoms with Crippen molar-refractivity contribution in [3.63, 3.8) is 0 Å². The van der Waals surface area contributed by atoms with Gasteiger partial charge in [0, 0.05) is 22.8 Å². The summed E-state index contributed by atoms with van der Waals surface area (Å²) in [5.74, 6) is -0.999. The predicted molar refractivity (Wildman–Crippen MR) is 124 cm³/mol. The Morgan fingerprint density at radius 3 is 2.52 bits per heavy atom. The number of carbonyl (C=O) groups is 3. The van der Waals surface area contributed by atoms with Gasteiger partial charge in [-0.3, -0.25) is 24.6 Å². The molecule has 0 aliphatic carbocycles. The molecule has 0 saturated carbocycles. The Bertz CT molecular complexity index is 1140. The Kier molecular flexibility index (Phi) is 6.70. The van der Waals surface area contributed by atoms with Crippen LogP contribution >= 0.6 is 24.4 Å². The number of hydrogen-bond acceptors (Lipinski definition) is 8. The van der Waals surface area contributed by atoms with E-state index in [1.807, 2.05) is 30.3 Å². The van der Waals surface area contributed by atoms with Gasteiger partial charge in [-0.1, -0.05) is 30.3 Å². The minimum Gasteiger partial charge on any atom is -0.456 e. The topological polar surface area (TPSA) is 119 Å². The van der Waals surface area contributed by atoms with Crippen LogP contribution in [-0.2, 0) is 32.1 Å². The van der Waals surface area contributed by atoms with Crippen molar-refractivity contribution < 1.29 is 24.0 Å². The van der Waals surface area contributed by atoms with Gasteiger partial charge in [0.25, 0.3) is 11.6 Å². The number of nitro groups is 1. The third-order valence-electron chi connectivity index (χ3n) is 5.18. The number of rotatable bonds is 7. The van der Waals surface area contributed by atoms with Crippen molar-refractivity contribution in [1.82, 2.24) is 10.2 Å². The summed E-state index contributed by atoms with van der Waals surface area (Å²) in [6.07, 6.45) is 0.153. The highest BCUT2D eigenvalue weighted by atomic mass is 32.2. The van der Waals surface area contributed by atoms with E-state index in [1.165, 1.54) is 40.9 Å². The van der Waals surface area contributed by atoms with E-state index >= 15 is 0 Å². The molecular formula is C22H19N3O6S2. The van der Waals surface area contributed by atoms with Crippen LogP contribution < -0.4 is 5.32 Å². The Morgan fingerprint density at radius 1 is 1.15 bits per heavy atom. The van der Waals surface area contributed by atoms with E-state index in [1.54, 1.807) is 0 Å². The van der Waals surface area contributed by atoms with E-state index in [0.717, 1.165) is 5.56 Å². The predicted octanol–water partition coefficient (Wildman–Crippen LogP) is 2.42.